The second-order valence-corrected chi connectivity index (χ2v) is 2.86. The second-order valence-electron chi connectivity index (χ2n) is 1.34. The molecule has 0 aromatic rings. The van der Waals surface area contributed by atoms with Crippen molar-refractivity contribution < 1.29 is 2.85 Å². The normalized spacial score (nSPS) is 8.00. The summed E-state index contributed by atoms with van der Waals surface area (Å²) in [4.78, 5) is 0. The number of allylic oxidation sites excluding steroid dienone is 2. The molecule has 0 rings (SSSR count). The molecule has 7 heavy (non-hydrogen) atoms. The second kappa shape index (κ2) is 6.01. The van der Waals surface area contributed by atoms with Crippen LogP contribution in [0, 0.1) is 0 Å². The predicted molar refractivity (Wildman–Crippen MR) is 38.0 cm³/mol. The van der Waals surface area contributed by atoms with E-state index >= 15 is 0 Å². The zero-order valence-corrected chi connectivity index (χ0v) is 5.72. The van der Waals surface area contributed by atoms with Gasteiger partial charge in [-0.2, -0.15) is 0 Å². The van der Waals surface area contributed by atoms with Gasteiger partial charge in [-0.05, 0) is 12.2 Å². The molecule has 0 aromatic carbocycles. The lowest BCUT2D eigenvalue weighted by atomic mass is 10.7. The van der Waals surface area contributed by atoms with Gasteiger partial charge in [0.25, 0.3) is 0 Å². The Morgan fingerprint density at radius 3 is 2.00 bits per heavy atom. The Morgan fingerprint density at radius 1 is 1.29 bits per heavy atom. The molecule has 0 fully saturated rings. The van der Waals surface area contributed by atoms with Gasteiger partial charge in [0.05, 0.1) is 0 Å². The van der Waals surface area contributed by atoms with Crippen molar-refractivity contribution in [2.45, 2.75) is 10.6 Å². The van der Waals surface area contributed by atoms with Gasteiger partial charge in [0.15, 0.2) is 10.6 Å². The molecule has 0 unspecified atom stereocenters. The molecule has 0 heterocycles. The lowest BCUT2D eigenvalue weighted by molar-refractivity contribution is 1.60. The Hall–Kier alpha value is 0.0125. The van der Waals surface area contributed by atoms with Crippen molar-refractivity contribution >= 4 is 15.2 Å². The van der Waals surface area contributed by atoms with E-state index in [-0.39, 0.29) is 2.85 Å². The lowest BCUT2D eigenvalue weighted by Crippen LogP contribution is -1.79. The molecule has 0 aliphatic heterocycles. The molecule has 0 aliphatic carbocycles. The molecule has 0 aliphatic rings. The van der Waals surface area contributed by atoms with Crippen LogP contribution in [0.5, 0.6) is 0 Å². The molecule has 0 N–H and O–H groups in total. The van der Waals surface area contributed by atoms with Crippen LogP contribution in [0.15, 0.2) is 25.3 Å². The first-order valence-electron chi connectivity index (χ1n) is 2.45. The molecule has 0 nitrogen and oxygen atoms in total. The summed E-state index contributed by atoms with van der Waals surface area (Å²) in [6, 6.07) is 0. The van der Waals surface area contributed by atoms with E-state index in [2.05, 4.69) is 13.2 Å². The van der Waals surface area contributed by atoms with Gasteiger partial charge in [0.1, 0.15) is 0 Å². The van der Waals surface area contributed by atoms with E-state index in [1.807, 2.05) is 12.2 Å². The zero-order valence-electron chi connectivity index (χ0n) is 6.56. The summed E-state index contributed by atoms with van der Waals surface area (Å²) in [5.41, 5.74) is 0. The van der Waals surface area contributed by atoms with E-state index in [0.29, 0.717) is 15.2 Å². The summed E-state index contributed by atoms with van der Waals surface area (Å²) in [6.07, 6.45) is 3.94. The molecule has 5 radical (unpaired) electrons. The SMILES string of the molecule is C=C[CH2][Al+2][CH2]C=C.[H-].[H-]. The van der Waals surface area contributed by atoms with Crippen LogP contribution in [0.4, 0.5) is 0 Å². The zero-order chi connectivity index (χ0) is 5.54. The van der Waals surface area contributed by atoms with Crippen molar-refractivity contribution in [1.29, 1.82) is 0 Å². The highest BCUT2D eigenvalue weighted by Crippen LogP contribution is 1.84. The third kappa shape index (κ3) is 6.01. The van der Waals surface area contributed by atoms with E-state index < -0.39 is 0 Å². The third-order valence-electron chi connectivity index (χ3n) is 0.667. The first kappa shape index (κ1) is 7.01. The van der Waals surface area contributed by atoms with E-state index in [4.69, 9.17) is 0 Å². The molecule has 0 spiro atoms. The van der Waals surface area contributed by atoms with Crippen LogP contribution in [0.25, 0.3) is 0 Å². The van der Waals surface area contributed by atoms with E-state index in [1.165, 1.54) is 10.6 Å². The maximum Gasteiger partial charge on any atom is 1.24 e. The first-order chi connectivity index (χ1) is 3.41. The fraction of sp³-hybridized carbons (Fsp3) is 0.333. The van der Waals surface area contributed by atoms with Gasteiger partial charge in [0.2, 0.25) is 0 Å². The van der Waals surface area contributed by atoms with E-state index in [9.17, 15) is 0 Å². The van der Waals surface area contributed by atoms with Gasteiger partial charge in [-0.1, -0.05) is 13.2 Å². The Morgan fingerprint density at radius 2 is 1.71 bits per heavy atom. The van der Waals surface area contributed by atoms with Gasteiger partial charge in [-0.3, -0.25) is 0 Å². The van der Waals surface area contributed by atoms with Gasteiger partial charge in [0, 0.05) is 0 Å². The minimum absolute atomic E-state index is 0. The van der Waals surface area contributed by atoms with Crippen LogP contribution in [0.3, 0.4) is 0 Å². The van der Waals surface area contributed by atoms with Crippen LogP contribution in [0.2, 0.25) is 10.6 Å². The molecule has 39 valence electrons. The largest absolute Gasteiger partial charge is 1.24 e. The standard InChI is InChI=1S/2C3H5.Al.2H/c2*1-3-2;;;/h2*3H,1-2H2;;;/q;;+2;2*-1. The quantitative estimate of drug-likeness (QED) is 0.296. The fourth-order valence-electron chi connectivity index (χ4n) is 0.332. The first-order valence-corrected chi connectivity index (χ1v) is 4.08. The van der Waals surface area contributed by atoms with Gasteiger partial charge in [-0.15, -0.1) is 0 Å². The van der Waals surface area contributed by atoms with Crippen molar-refractivity contribution in [3.63, 3.8) is 0 Å². The summed E-state index contributed by atoms with van der Waals surface area (Å²) in [5, 5.41) is 2.40. The minimum atomic E-state index is 0. The van der Waals surface area contributed by atoms with Crippen molar-refractivity contribution in [3.8, 4) is 0 Å². The summed E-state index contributed by atoms with van der Waals surface area (Å²) in [6.45, 7) is 7.24. The molecule has 0 saturated carbocycles. The van der Waals surface area contributed by atoms with Gasteiger partial charge < -0.3 is 2.85 Å². The van der Waals surface area contributed by atoms with Crippen LogP contribution >= 0.6 is 0 Å². The summed E-state index contributed by atoms with van der Waals surface area (Å²) in [5.74, 6) is 0. The molecule has 0 atom stereocenters. The van der Waals surface area contributed by atoms with E-state index in [0.717, 1.165) is 0 Å². The van der Waals surface area contributed by atoms with Crippen molar-refractivity contribution in [2.75, 3.05) is 0 Å². The number of hydrogen-bond acceptors (Lipinski definition) is 0. The summed E-state index contributed by atoms with van der Waals surface area (Å²) < 4.78 is 0. The molecule has 1 heteroatoms. The molecular weight excluding hydrogens is 99.0 g/mol. The smallest absolute Gasteiger partial charge is 1.00 e. The van der Waals surface area contributed by atoms with Crippen molar-refractivity contribution in [1.82, 2.24) is 0 Å². The van der Waals surface area contributed by atoms with Crippen molar-refractivity contribution in [3.05, 3.63) is 25.3 Å². The Bertz CT molecular complexity index is 56.1. The molecule has 0 aromatic heterocycles. The van der Waals surface area contributed by atoms with Gasteiger partial charge in [-0.25, -0.2) is 0 Å². The highest BCUT2D eigenvalue weighted by Gasteiger charge is 2.38. The number of hydrogen-bond donors (Lipinski definition) is 0. The maximum absolute atomic E-state index is 3.62. The Labute approximate surface area is 54.6 Å². The monoisotopic (exact) mass is 111 g/mol. The number of rotatable bonds is 4. The average Bonchev–Trinajstić information content (AvgIpc) is 1.69. The van der Waals surface area contributed by atoms with E-state index in [1.54, 1.807) is 0 Å². The molecular formula is C6H12Al. The highest BCUT2D eigenvalue weighted by molar-refractivity contribution is 6.36. The highest BCUT2D eigenvalue weighted by atomic mass is 27.1. The molecule has 0 bridgehead atoms. The fourth-order valence-corrected chi connectivity index (χ4v) is 0.996. The lowest BCUT2D eigenvalue weighted by Gasteiger charge is -1.48. The summed E-state index contributed by atoms with van der Waals surface area (Å²) in [7, 11) is 0. The van der Waals surface area contributed by atoms with Crippen LogP contribution in [0.1, 0.15) is 2.85 Å². The predicted octanol–water partition coefficient (Wildman–Crippen LogP) is 2.12. The topological polar surface area (TPSA) is 0 Å². The van der Waals surface area contributed by atoms with Crippen molar-refractivity contribution in [2.24, 2.45) is 0 Å². The van der Waals surface area contributed by atoms with Crippen LogP contribution in [-0.2, 0) is 0 Å². The third-order valence-corrected chi connectivity index (χ3v) is 2.00. The van der Waals surface area contributed by atoms with Crippen LogP contribution < -0.4 is 0 Å². The molecule has 0 amide bonds. The maximum atomic E-state index is 3.62. The molecule has 0 saturated heterocycles. The van der Waals surface area contributed by atoms with Crippen LogP contribution in [-0.4, -0.2) is 15.2 Å². The average molecular weight is 111 g/mol. The summed E-state index contributed by atoms with van der Waals surface area (Å²) >= 11 is 0.586. The Balaban J connectivity index is -0.000000180. The Kier molecular flexibility index (Phi) is 6.02. The minimum Gasteiger partial charge on any atom is -1.00 e. The van der Waals surface area contributed by atoms with Gasteiger partial charge >= 0.3 is 15.2 Å².